The monoisotopic (exact) mass is 259 g/mol. The number of benzene rings is 1. The molecule has 0 bridgehead atoms. The number of amides is 1. The Morgan fingerprint density at radius 3 is 2.78 bits per heavy atom. The molecule has 3 nitrogen and oxygen atoms in total. The zero-order valence-corrected chi connectivity index (χ0v) is 9.46. The molecule has 1 aromatic rings. The van der Waals surface area contributed by atoms with Crippen LogP contribution in [0.15, 0.2) is 36.9 Å². The quantitative estimate of drug-likeness (QED) is 0.652. The van der Waals surface area contributed by atoms with Crippen molar-refractivity contribution in [2.24, 2.45) is 0 Å². The summed E-state index contributed by atoms with van der Waals surface area (Å²) in [6, 6.07) is 4.90. The number of carbonyl (C=O) groups is 1. The second-order valence-corrected chi connectivity index (χ2v) is 3.41. The maximum atomic E-state index is 12.0. The molecule has 6 heteroatoms. The van der Waals surface area contributed by atoms with E-state index in [9.17, 15) is 18.0 Å². The molecule has 18 heavy (non-hydrogen) atoms. The van der Waals surface area contributed by atoms with E-state index < -0.39 is 18.0 Å². The van der Waals surface area contributed by atoms with Crippen molar-refractivity contribution >= 4 is 5.91 Å². The van der Waals surface area contributed by atoms with Crippen LogP contribution in [0.3, 0.4) is 0 Å². The van der Waals surface area contributed by atoms with Gasteiger partial charge in [0, 0.05) is 12.1 Å². The summed E-state index contributed by atoms with van der Waals surface area (Å²) in [5.41, 5.74) is 0.112. The maximum absolute atomic E-state index is 12.0. The van der Waals surface area contributed by atoms with Gasteiger partial charge >= 0.3 is 6.36 Å². The van der Waals surface area contributed by atoms with E-state index in [0.29, 0.717) is 13.0 Å². The second-order valence-electron chi connectivity index (χ2n) is 3.41. The number of rotatable bonds is 5. The van der Waals surface area contributed by atoms with Gasteiger partial charge in [0.2, 0.25) is 0 Å². The van der Waals surface area contributed by atoms with E-state index in [-0.39, 0.29) is 5.56 Å². The van der Waals surface area contributed by atoms with Gasteiger partial charge in [0.1, 0.15) is 5.75 Å². The number of nitrogens with one attached hydrogen (secondary N) is 1. The average molecular weight is 259 g/mol. The normalized spacial score (nSPS) is 10.8. The van der Waals surface area contributed by atoms with Crippen LogP contribution in [0.25, 0.3) is 0 Å². The molecule has 98 valence electrons. The summed E-state index contributed by atoms with van der Waals surface area (Å²) in [6.45, 7) is 3.87. The molecule has 1 rings (SSSR count). The van der Waals surface area contributed by atoms with Gasteiger partial charge in [-0.1, -0.05) is 12.1 Å². The zero-order valence-electron chi connectivity index (χ0n) is 9.46. The Hall–Kier alpha value is -1.98. The van der Waals surface area contributed by atoms with Crippen LogP contribution in [0.4, 0.5) is 13.2 Å². The fraction of sp³-hybridized carbons (Fsp3) is 0.250. The number of alkyl halides is 3. The van der Waals surface area contributed by atoms with Crippen LogP contribution < -0.4 is 10.1 Å². The molecule has 0 atom stereocenters. The lowest BCUT2D eigenvalue weighted by molar-refractivity contribution is -0.274. The van der Waals surface area contributed by atoms with Crippen molar-refractivity contribution in [1.82, 2.24) is 5.32 Å². The largest absolute Gasteiger partial charge is 0.573 e. The van der Waals surface area contributed by atoms with Crippen LogP contribution in [-0.2, 0) is 0 Å². The molecule has 0 fully saturated rings. The third-order valence-corrected chi connectivity index (χ3v) is 1.96. The van der Waals surface area contributed by atoms with Gasteiger partial charge in [0.25, 0.3) is 5.91 Å². The highest BCUT2D eigenvalue weighted by atomic mass is 19.4. The van der Waals surface area contributed by atoms with E-state index in [4.69, 9.17) is 0 Å². The van der Waals surface area contributed by atoms with Gasteiger partial charge in [-0.2, -0.15) is 0 Å². The third-order valence-electron chi connectivity index (χ3n) is 1.96. The Morgan fingerprint density at radius 2 is 2.17 bits per heavy atom. The fourth-order valence-electron chi connectivity index (χ4n) is 1.22. The zero-order chi connectivity index (χ0) is 13.6. The molecule has 0 radical (unpaired) electrons. The number of carbonyl (C=O) groups excluding carboxylic acids is 1. The van der Waals surface area contributed by atoms with E-state index in [0.717, 1.165) is 12.1 Å². The van der Waals surface area contributed by atoms with Gasteiger partial charge in [-0.05, 0) is 24.6 Å². The molecular formula is C12H12F3NO2. The maximum Gasteiger partial charge on any atom is 0.573 e. The lowest BCUT2D eigenvalue weighted by Crippen LogP contribution is -2.24. The number of hydrogen-bond acceptors (Lipinski definition) is 2. The fourth-order valence-corrected chi connectivity index (χ4v) is 1.22. The van der Waals surface area contributed by atoms with Gasteiger partial charge in [0.15, 0.2) is 0 Å². The molecule has 1 amide bonds. The predicted molar refractivity (Wildman–Crippen MR) is 60.3 cm³/mol. The highest BCUT2D eigenvalue weighted by molar-refractivity contribution is 5.94. The number of hydrogen-bond donors (Lipinski definition) is 1. The van der Waals surface area contributed by atoms with Crippen LogP contribution in [0.2, 0.25) is 0 Å². The first kappa shape index (κ1) is 14.1. The third kappa shape index (κ3) is 4.90. The lowest BCUT2D eigenvalue weighted by atomic mass is 10.2. The van der Waals surface area contributed by atoms with Gasteiger partial charge < -0.3 is 10.1 Å². The van der Waals surface area contributed by atoms with Crippen molar-refractivity contribution in [2.75, 3.05) is 6.54 Å². The van der Waals surface area contributed by atoms with Crippen LogP contribution >= 0.6 is 0 Å². The van der Waals surface area contributed by atoms with Crippen molar-refractivity contribution in [3.8, 4) is 5.75 Å². The van der Waals surface area contributed by atoms with Gasteiger partial charge in [0.05, 0.1) is 0 Å². The van der Waals surface area contributed by atoms with Gasteiger partial charge in [-0.25, -0.2) is 0 Å². The molecule has 1 aromatic carbocycles. The van der Waals surface area contributed by atoms with Crippen LogP contribution in [0, 0.1) is 0 Å². The molecule has 0 saturated heterocycles. The lowest BCUT2D eigenvalue weighted by Gasteiger charge is -2.10. The first-order chi connectivity index (χ1) is 8.42. The van der Waals surface area contributed by atoms with Crippen LogP contribution in [-0.4, -0.2) is 18.8 Å². The Kier molecular flexibility index (Phi) is 4.76. The molecule has 0 aromatic heterocycles. The summed E-state index contributed by atoms with van der Waals surface area (Å²) < 4.78 is 39.7. The minimum absolute atomic E-state index is 0.112. The molecule has 0 heterocycles. The number of halogens is 3. The van der Waals surface area contributed by atoms with Gasteiger partial charge in [-0.15, -0.1) is 19.8 Å². The summed E-state index contributed by atoms with van der Waals surface area (Å²) in [7, 11) is 0. The smallest absolute Gasteiger partial charge is 0.406 e. The molecule has 0 spiro atoms. The van der Waals surface area contributed by atoms with Crippen molar-refractivity contribution in [2.45, 2.75) is 12.8 Å². The Balaban J connectivity index is 2.69. The van der Waals surface area contributed by atoms with E-state index in [1.807, 2.05) is 0 Å². The summed E-state index contributed by atoms with van der Waals surface area (Å²) in [5.74, 6) is -0.872. The van der Waals surface area contributed by atoms with Gasteiger partial charge in [-0.3, -0.25) is 4.79 Å². The Bertz CT molecular complexity index is 430. The highest BCUT2D eigenvalue weighted by Gasteiger charge is 2.31. The molecule has 0 unspecified atom stereocenters. The van der Waals surface area contributed by atoms with E-state index in [1.165, 1.54) is 12.1 Å². The first-order valence-corrected chi connectivity index (χ1v) is 5.17. The number of ether oxygens (including phenoxy) is 1. The Labute approximate surface area is 102 Å². The standard InChI is InChI=1S/C12H12F3NO2/c1-2-3-7-16-11(17)9-5-4-6-10(8-9)18-12(13,14)15/h2,4-6,8H,1,3,7H2,(H,16,17). The van der Waals surface area contributed by atoms with Crippen molar-refractivity contribution in [3.63, 3.8) is 0 Å². The minimum Gasteiger partial charge on any atom is -0.406 e. The molecule has 0 aliphatic carbocycles. The average Bonchev–Trinajstić information content (AvgIpc) is 2.27. The van der Waals surface area contributed by atoms with Crippen molar-refractivity contribution in [3.05, 3.63) is 42.5 Å². The van der Waals surface area contributed by atoms with Crippen molar-refractivity contribution < 1.29 is 22.7 Å². The predicted octanol–water partition coefficient (Wildman–Crippen LogP) is 2.89. The topological polar surface area (TPSA) is 38.3 Å². The van der Waals surface area contributed by atoms with Crippen molar-refractivity contribution in [1.29, 1.82) is 0 Å². The molecular weight excluding hydrogens is 247 g/mol. The van der Waals surface area contributed by atoms with Crippen LogP contribution in [0.1, 0.15) is 16.8 Å². The summed E-state index contributed by atoms with van der Waals surface area (Å²) in [5, 5.41) is 2.54. The van der Waals surface area contributed by atoms with E-state index in [2.05, 4.69) is 16.6 Å². The SMILES string of the molecule is C=CCCNC(=O)c1cccc(OC(F)(F)F)c1. The van der Waals surface area contributed by atoms with Crippen LogP contribution in [0.5, 0.6) is 5.75 Å². The molecule has 0 aliphatic rings. The first-order valence-electron chi connectivity index (χ1n) is 5.17. The highest BCUT2D eigenvalue weighted by Crippen LogP contribution is 2.23. The summed E-state index contributed by atoms with van der Waals surface area (Å²) in [6.07, 6.45) is -2.55. The summed E-state index contributed by atoms with van der Waals surface area (Å²) >= 11 is 0. The van der Waals surface area contributed by atoms with E-state index in [1.54, 1.807) is 6.08 Å². The van der Waals surface area contributed by atoms with E-state index >= 15 is 0 Å². The Morgan fingerprint density at radius 1 is 1.44 bits per heavy atom. The molecule has 0 aliphatic heterocycles. The minimum atomic E-state index is -4.77. The summed E-state index contributed by atoms with van der Waals surface area (Å²) in [4.78, 5) is 11.6. The second kappa shape index (κ2) is 6.09. The molecule has 0 saturated carbocycles. The molecule has 1 N–H and O–H groups in total.